The molecule has 45 atom stereocenters. The number of aliphatic hydroxyl groups excluding tert-OH is 19. The van der Waals surface area contributed by atoms with Crippen molar-refractivity contribution in [3.63, 3.8) is 0 Å². The number of unbranched alkanes of at least 4 members (excludes halogenated alkanes) is 8. The third-order valence-corrected chi connectivity index (χ3v) is 31.2. The van der Waals surface area contributed by atoms with E-state index in [1.165, 1.54) is 13.8 Å². The summed E-state index contributed by atoms with van der Waals surface area (Å²) in [7, 11) is 0. The van der Waals surface area contributed by atoms with E-state index in [-0.39, 0.29) is 31.6 Å². The van der Waals surface area contributed by atoms with Crippen LogP contribution in [0.25, 0.3) is 0 Å². The second-order valence-electron chi connectivity index (χ2n) is 39.8. The minimum absolute atomic E-state index is 0.0141. The maximum Gasteiger partial charge on any atom is 0.317 e. The summed E-state index contributed by atoms with van der Waals surface area (Å²) in [5.41, 5.74) is -7.19. The SMILES string of the molecule is CCCCCCCCCCCC(=O)N[C@H]1C(CO)O[C@@H](OC(=O)[C@]23CCC(C)(C)CC2C2=CCC4C5(C)CC[C@H](O[C@@H]6OC[C@@H](O)[C@H](O[C@@H]7OC[C@@H](O)[C@H](O)C7O)C6O[C@@H]6OC(CO)[C@H](O)[C@H](O)C6O)[C@](C)(C=O)[C@@H]5CCC4(C)[C@]2(C)CC3O)[C@H](O[C@@H]2OC(C)[C@H](O[C@@H]3OC[C@@H](O)C(O[C@@H]4OC[C@@](O)(CO)C4O)[C@H]3O)C(O)[C@@H]2O)C1O[C@@H]1OC(C)[C@H](O)[C@H](O)C1O. The summed E-state index contributed by atoms with van der Waals surface area (Å²) in [6, 6.07) is -1.56. The minimum atomic E-state index is -2.19. The molecule has 5 aliphatic carbocycles. The Bertz CT molecular complexity index is 3610. The molecule has 8 aliphatic heterocycles. The van der Waals surface area contributed by atoms with Gasteiger partial charge in [0.25, 0.3) is 0 Å². The highest BCUT2D eigenvalue weighted by Crippen LogP contribution is 2.76. The number of hydrogen-bond acceptors (Lipinski definition) is 39. The van der Waals surface area contributed by atoms with Crippen molar-refractivity contribution in [2.24, 2.45) is 50.2 Å². The third kappa shape index (κ3) is 19.1. The number of nitrogens with one attached hydrogen (secondary N) is 1. The standard InChI is InChI=1S/C86H141NO39/c1-10-11-12-13-14-15-16-17-18-19-51(96)87-52-45(30-88)117-77(69(67(52)123-73-60(104)56(100)53(97)38(2)115-73)125-74-62(106)58(102)64(39(3)116-74)120-72-63(107)65(43(93)33-112-72)121-78-70(108)85(110,36-91)37-114-78)126-79(109)86-27-26-80(4,5)28-41(86)40-20-21-48-81(6)24-23-50(82(7,35-90)47(81)22-25-83(48,8)84(40,9)29-49(86)95)119-76-68(124-75-61(105)57(101)55(99)46(31-89)118-75)66(44(94)34-113-76)122-71-59(103)54(98)42(92)32-111-71/h20,35,38-39,41-50,52-78,88-89,91-95,97-108,110H,10-19,21-34,36-37H2,1-9H3,(H,87,96)/t38?,39?,41?,42-,43-,44-,45?,46?,47-,48?,49?,50+,52+,53+,54+,55+,56+,57+,58?,59?,60?,61?,62+,63-,64+,65?,66+,67?,68?,69-,70?,71+,72+,73+,74+,75+,76+,77+,78+,81?,82-,83?,84-,85+,86-/m1/s1. The molecule has 40 nitrogen and oxygen atoms in total. The van der Waals surface area contributed by atoms with Crippen molar-refractivity contribution in [3.8, 4) is 0 Å². The van der Waals surface area contributed by atoms with Crippen molar-refractivity contribution < 1.29 is 192 Å². The van der Waals surface area contributed by atoms with Crippen LogP contribution in [0.15, 0.2) is 11.6 Å². The highest BCUT2D eigenvalue weighted by atomic mass is 16.8. The van der Waals surface area contributed by atoms with E-state index in [4.69, 9.17) is 75.8 Å². The molecule has 13 rings (SSSR count). The number of amides is 1. The summed E-state index contributed by atoms with van der Waals surface area (Å²) in [5.74, 6) is -3.01. The van der Waals surface area contributed by atoms with E-state index in [1.54, 1.807) is 6.92 Å². The van der Waals surface area contributed by atoms with Gasteiger partial charge in [0.2, 0.25) is 12.2 Å². The Labute approximate surface area is 732 Å². The van der Waals surface area contributed by atoms with Gasteiger partial charge in [0, 0.05) is 6.42 Å². The number of fused-ring (bicyclic) bond motifs is 7. The average Bonchev–Trinajstić information content (AvgIpc) is 0.896. The molecular formula is C86H141NO39. The molecule has 4 saturated carbocycles. The van der Waals surface area contributed by atoms with Gasteiger partial charge in [-0.25, -0.2) is 0 Å². The molecule has 126 heavy (non-hydrogen) atoms. The Morgan fingerprint density at radius 3 is 1.67 bits per heavy atom. The lowest BCUT2D eigenvalue weighted by Gasteiger charge is -2.71. The predicted molar refractivity (Wildman–Crippen MR) is 426 cm³/mol. The van der Waals surface area contributed by atoms with Gasteiger partial charge in [-0.2, -0.15) is 0 Å². The van der Waals surface area contributed by atoms with Crippen molar-refractivity contribution in [2.45, 2.75) is 411 Å². The summed E-state index contributed by atoms with van der Waals surface area (Å²) in [6.07, 6.45) is -47.1. The van der Waals surface area contributed by atoms with Crippen LogP contribution in [0.5, 0.6) is 0 Å². The molecule has 21 N–H and O–H groups in total. The summed E-state index contributed by atoms with van der Waals surface area (Å²) in [6.45, 7) is 12.4. The number of carbonyl (C=O) groups excluding carboxylic acids is 3. The smallest absolute Gasteiger partial charge is 0.317 e. The zero-order valence-corrected chi connectivity index (χ0v) is 73.3. The monoisotopic (exact) mass is 1810 g/mol. The van der Waals surface area contributed by atoms with E-state index in [0.717, 1.165) is 56.8 Å². The fourth-order valence-electron chi connectivity index (χ4n) is 23.3. The number of ether oxygens (including phenoxy) is 16. The van der Waals surface area contributed by atoms with Crippen LogP contribution < -0.4 is 5.32 Å². The number of allylic oxidation sites excluding steroid dienone is 2. The lowest BCUT2D eigenvalue weighted by atomic mass is 9.33. The maximum absolute atomic E-state index is 16.7. The van der Waals surface area contributed by atoms with Crippen LogP contribution in [0, 0.1) is 50.2 Å². The molecule has 1 amide bonds. The third-order valence-electron chi connectivity index (χ3n) is 31.2. The lowest BCUT2D eigenvalue weighted by molar-refractivity contribution is -0.386. The van der Waals surface area contributed by atoms with E-state index >= 15 is 4.79 Å². The molecule has 13 aliphatic rings. The first-order valence-electron chi connectivity index (χ1n) is 45.3. The Morgan fingerprint density at radius 1 is 0.492 bits per heavy atom. The Morgan fingerprint density at radius 2 is 1.03 bits per heavy atom. The summed E-state index contributed by atoms with van der Waals surface area (Å²) < 4.78 is 99.3. The molecule has 40 heteroatoms. The Hall–Kier alpha value is -3.05. The predicted octanol–water partition coefficient (Wildman–Crippen LogP) is -3.93. The van der Waals surface area contributed by atoms with Crippen molar-refractivity contribution in [3.05, 3.63) is 11.6 Å². The van der Waals surface area contributed by atoms with Crippen molar-refractivity contribution >= 4 is 18.2 Å². The van der Waals surface area contributed by atoms with E-state index in [1.807, 2.05) is 0 Å². The summed E-state index contributed by atoms with van der Waals surface area (Å²) >= 11 is 0. The molecule has 0 bridgehead atoms. The van der Waals surface area contributed by atoms with Gasteiger partial charge < -0.3 is 188 Å². The zero-order valence-electron chi connectivity index (χ0n) is 73.3. The molecule has 0 spiro atoms. The summed E-state index contributed by atoms with van der Waals surface area (Å²) in [4.78, 5) is 45.6. The molecule has 12 fully saturated rings. The maximum atomic E-state index is 16.7. The number of carbonyl (C=O) groups is 3. The Kier molecular flexibility index (Phi) is 32.3. The number of rotatable bonds is 31. The van der Waals surface area contributed by atoms with Crippen LogP contribution in [-0.4, -0.2) is 393 Å². The van der Waals surface area contributed by atoms with Crippen LogP contribution in [0.1, 0.15) is 184 Å². The largest absolute Gasteiger partial charge is 0.432 e. The van der Waals surface area contributed by atoms with E-state index in [9.17, 15) is 112 Å². The van der Waals surface area contributed by atoms with Crippen molar-refractivity contribution in [1.29, 1.82) is 0 Å². The molecular weight excluding hydrogens is 1670 g/mol. The van der Waals surface area contributed by atoms with Gasteiger partial charge in [-0.3, -0.25) is 9.59 Å². The molecule has 0 aromatic heterocycles. The number of aldehydes is 1. The highest BCUT2D eigenvalue weighted by molar-refractivity contribution is 5.80. The van der Waals surface area contributed by atoms with Crippen LogP contribution in [0.3, 0.4) is 0 Å². The zero-order chi connectivity index (χ0) is 91.6. The van der Waals surface area contributed by atoms with Crippen LogP contribution in [-0.2, 0) is 90.2 Å². The molecule has 0 radical (unpaired) electrons. The Balaban J connectivity index is 0.795. The molecule has 724 valence electrons. The quantitative estimate of drug-likeness (QED) is 0.0104. The first-order valence-corrected chi connectivity index (χ1v) is 45.3. The fourth-order valence-corrected chi connectivity index (χ4v) is 23.3. The number of hydrogen-bond donors (Lipinski definition) is 21. The first kappa shape index (κ1) is 100. The number of aliphatic hydroxyl groups is 20. The average molecular weight is 1810 g/mol. The molecule has 8 saturated heterocycles. The molecule has 8 heterocycles. The topological polar surface area (TPSA) is 616 Å². The molecule has 17 unspecified atom stereocenters. The van der Waals surface area contributed by atoms with Crippen molar-refractivity contribution in [1.82, 2.24) is 5.32 Å². The van der Waals surface area contributed by atoms with Crippen molar-refractivity contribution in [2.75, 3.05) is 46.2 Å². The number of esters is 1. The van der Waals surface area contributed by atoms with E-state index in [0.29, 0.717) is 51.4 Å². The first-order chi connectivity index (χ1) is 59.5. The van der Waals surface area contributed by atoms with Gasteiger partial charge in [0.05, 0.1) is 82.1 Å². The van der Waals surface area contributed by atoms with Gasteiger partial charge in [-0.1, -0.05) is 111 Å². The van der Waals surface area contributed by atoms with Crippen LogP contribution >= 0.6 is 0 Å². The van der Waals surface area contributed by atoms with Gasteiger partial charge in [0.1, 0.15) is 152 Å². The second-order valence-corrected chi connectivity index (χ2v) is 39.8. The minimum Gasteiger partial charge on any atom is -0.432 e. The van der Waals surface area contributed by atoms with Gasteiger partial charge in [-0.15, -0.1) is 0 Å². The van der Waals surface area contributed by atoms with Crippen LogP contribution in [0.2, 0.25) is 0 Å². The van der Waals surface area contributed by atoms with E-state index < -0.39 is 329 Å². The van der Waals surface area contributed by atoms with Gasteiger partial charge in [0.15, 0.2) is 50.1 Å². The van der Waals surface area contributed by atoms with Crippen LogP contribution in [0.4, 0.5) is 0 Å². The van der Waals surface area contributed by atoms with Gasteiger partial charge in [-0.05, 0) is 117 Å². The summed E-state index contributed by atoms with van der Waals surface area (Å²) in [5, 5.41) is 228. The lowest BCUT2D eigenvalue weighted by Crippen LogP contribution is -2.71. The van der Waals surface area contributed by atoms with E-state index in [2.05, 4.69) is 52.9 Å². The fraction of sp³-hybridized carbons (Fsp3) is 0.942. The molecule has 0 aromatic rings. The highest BCUT2D eigenvalue weighted by Gasteiger charge is 2.74. The normalized spacial score (nSPS) is 50.9. The molecule has 0 aromatic carbocycles. The second kappa shape index (κ2) is 40.5. The van der Waals surface area contributed by atoms with Gasteiger partial charge >= 0.3 is 5.97 Å².